The number of esters is 2. The minimum absolute atomic E-state index is 0.0424. The molecule has 240 valence electrons. The van der Waals surface area contributed by atoms with E-state index in [4.69, 9.17) is 18.5 Å². The van der Waals surface area contributed by atoms with Gasteiger partial charge < -0.3 is 24.6 Å². The molecule has 3 unspecified atom stereocenters. The van der Waals surface area contributed by atoms with Crippen LogP contribution in [0.3, 0.4) is 0 Å². The van der Waals surface area contributed by atoms with E-state index in [0.29, 0.717) is 12.8 Å². The number of hydrogen-bond acceptors (Lipinski definition) is 9. The minimum atomic E-state index is -4.63. The van der Waals surface area contributed by atoms with Gasteiger partial charge in [-0.25, -0.2) is 4.57 Å². The first kappa shape index (κ1) is 39.7. The zero-order chi connectivity index (χ0) is 31.3. The molecule has 0 fully saturated rings. The third-order valence-electron chi connectivity index (χ3n) is 5.53. The molecule has 10 nitrogen and oxygen atoms in total. The second kappa shape index (κ2) is 27.5. The van der Waals surface area contributed by atoms with E-state index in [2.05, 4.69) is 43.4 Å². The van der Waals surface area contributed by atoms with Crippen LogP contribution in [0.5, 0.6) is 0 Å². The minimum Gasteiger partial charge on any atom is -0.457 e. The van der Waals surface area contributed by atoms with Crippen molar-refractivity contribution in [3.63, 3.8) is 0 Å². The van der Waals surface area contributed by atoms with E-state index in [1.807, 2.05) is 25.2 Å². The van der Waals surface area contributed by atoms with Gasteiger partial charge in [0, 0.05) is 6.42 Å². The van der Waals surface area contributed by atoms with Gasteiger partial charge in [-0.3, -0.25) is 18.6 Å². The first-order valence-corrected chi connectivity index (χ1v) is 16.2. The summed E-state index contributed by atoms with van der Waals surface area (Å²) in [6, 6.07) is 0. The maximum Gasteiger partial charge on any atom is 0.472 e. The molecule has 0 aromatic heterocycles. The number of allylic oxidation sites excluding steroid dienone is 9. The largest absolute Gasteiger partial charge is 0.472 e. The highest BCUT2D eigenvalue weighted by molar-refractivity contribution is 7.47. The topological polar surface area (TPSA) is 149 Å². The first-order valence-electron chi connectivity index (χ1n) is 14.7. The van der Waals surface area contributed by atoms with Crippen LogP contribution in [-0.2, 0) is 32.7 Å². The van der Waals surface area contributed by atoms with Crippen molar-refractivity contribution < 1.29 is 47.8 Å². The van der Waals surface area contributed by atoms with Crippen molar-refractivity contribution in [1.82, 2.24) is 0 Å². The Morgan fingerprint density at radius 1 is 0.667 bits per heavy atom. The molecule has 0 aliphatic heterocycles. The van der Waals surface area contributed by atoms with E-state index in [-0.39, 0.29) is 12.8 Å². The summed E-state index contributed by atoms with van der Waals surface area (Å²) in [4.78, 5) is 33.7. The molecule has 0 saturated heterocycles. The molecule has 0 aromatic carbocycles. The molecule has 0 rings (SSSR count). The zero-order valence-corrected chi connectivity index (χ0v) is 26.1. The lowest BCUT2D eigenvalue weighted by Crippen LogP contribution is -2.28. The number of carbonyl (C=O) groups excluding carboxylic acids is 2. The monoisotopic (exact) mass is 614 g/mol. The summed E-state index contributed by atoms with van der Waals surface area (Å²) < 4.78 is 31.8. The quantitative estimate of drug-likeness (QED) is 0.0456. The Morgan fingerprint density at radius 3 is 1.57 bits per heavy atom. The Kier molecular flexibility index (Phi) is 26.0. The molecule has 11 heteroatoms. The predicted molar refractivity (Wildman–Crippen MR) is 163 cm³/mol. The van der Waals surface area contributed by atoms with Gasteiger partial charge >= 0.3 is 19.8 Å². The molecule has 0 saturated carbocycles. The second-order valence-corrected chi connectivity index (χ2v) is 10.8. The molecule has 0 radical (unpaired) electrons. The first-order chi connectivity index (χ1) is 20.3. The lowest BCUT2D eigenvalue weighted by Gasteiger charge is -2.20. The molecule has 0 amide bonds. The molecule has 0 aromatic rings. The van der Waals surface area contributed by atoms with Gasteiger partial charge in [0.05, 0.1) is 32.8 Å². The smallest absolute Gasteiger partial charge is 0.457 e. The fourth-order valence-corrected chi connectivity index (χ4v) is 4.03. The fourth-order valence-electron chi connectivity index (χ4n) is 3.25. The van der Waals surface area contributed by atoms with Crippen LogP contribution >= 0.6 is 7.82 Å². The number of unbranched alkanes of at least 4 members (excludes halogenated alkanes) is 3. The van der Waals surface area contributed by atoms with Crippen LogP contribution in [0.25, 0.3) is 0 Å². The third kappa shape index (κ3) is 25.4. The van der Waals surface area contributed by atoms with Crippen LogP contribution in [0, 0.1) is 0 Å². The predicted octanol–water partition coefficient (Wildman–Crippen LogP) is 6.04. The van der Waals surface area contributed by atoms with E-state index in [1.165, 1.54) is 0 Å². The highest BCUT2D eigenvalue weighted by atomic mass is 31.2. The molecule has 0 heterocycles. The Labute approximate surface area is 251 Å². The third-order valence-corrected chi connectivity index (χ3v) is 6.48. The Balaban J connectivity index is 4.22. The lowest BCUT2D eigenvalue weighted by atomic mass is 10.1. The van der Waals surface area contributed by atoms with Crippen LogP contribution in [0.1, 0.15) is 84.5 Å². The van der Waals surface area contributed by atoms with Gasteiger partial charge in [0.15, 0.2) is 0 Å². The summed E-state index contributed by atoms with van der Waals surface area (Å²) in [5.41, 5.74) is 0. The van der Waals surface area contributed by atoms with Crippen LogP contribution in [0.2, 0.25) is 0 Å². The van der Waals surface area contributed by atoms with Gasteiger partial charge in [-0.05, 0) is 38.5 Å². The van der Waals surface area contributed by atoms with Crippen molar-refractivity contribution in [3.8, 4) is 0 Å². The number of hydrogen-bond donors (Lipinski definition) is 3. The van der Waals surface area contributed by atoms with Crippen molar-refractivity contribution in [3.05, 3.63) is 60.8 Å². The highest BCUT2D eigenvalue weighted by Crippen LogP contribution is 2.43. The Morgan fingerprint density at radius 2 is 1.12 bits per heavy atom. The molecule has 0 spiro atoms. The summed E-state index contributed by atoms with van der Waals surface area (Å²) >= 11 is 0. The van der Waals surface area contributed by atoms with Gasteiger partial charge in [-0.15, -0.1) is 0 Å². The number of phosphoric ester groups is 1. The number of ether oxygens (including phenoxy) is 2. The average molecular weight is 615 g/mol. The van der Waals surface area contributed by atoms with Crippen LogP contribution in [0.15, 0.2) is 60.8 Å². The van der Waals surface area contributed by atoms with Gasteiger partial charge in [0.25, 0.3) is 0 Å². The molecule has 0 aliphatic rings. The molecule has 3 atom stereocenters. The normalized spacial score (nSPS) is 15.3. The van der Waals surface area contributed by atoms with E-state index in [9.17, 15) is 29.3 Å². The second-order valence-electron chi connectivity index (χ2n) is 9.37. The van der Waals surface area contributed by atoms with Gasteiger partial charge in [-0.2, -0.15) is 0 Å². The molecular formula is C31H51O10P. The average Bonchev–Trinajstić information content (AvgIpc) is 2.97. The number of carbonyl (C=O) groups is 2. The van der Waals surface area contributed by atoms with E-state index in [1.54, 1.807) is 6.08 Å². The molecule has 0 aliphatic carbocycles. The summed E-state index contributed by atoms with van der Waals surface area (Å²) in [5, 5.41) is 18.8. The molecule has 0 bridgehead atoms. The van der Waals surface area contributed by atoms with E-state index < -0.39 is 58.4 Å². The van der Waals surface area contributed by atoms with Crippen molar-refractivity contribution in [2.45, 2.75) is 96.7 Å². The Bertz CT molecular complexity index is 894. The standard InChI is InChI=1S/C31H51O10P/c1-3-5-7-9-10-11-12-13-14-15-16-17-18-19-21-23-31(35)41-29(25-33)27-39-42(36,37)38-26-28(24-32)40-30(34)22-20-8-6-4-2/h5,7,10-11,13-14,16-17,19,21,28-29,32-33H,3-4,6,8-9,12,15,18,20,22-27H2,1-2H3,(H,36,37)/b7-5-,11-10-,14-13-,17-16-,21-19-. The summed E-state index contributed by atoms with van der Waals surface area (Å²) in [7, 11) is -4.63. The van der Waals surface area contributed by atoms with Crippen molar-refractivity contribution in [1.29, 1.82) is 0 Å². The van der Waals surface area contributed by atoms with Crippen LogP contribution < -0.4 is 0 Å². The Hall–Kier alpha value is -2.33. The summed E-state index contributed by atoms with van der Waals surface area (Å²) in [6.45, 7) is 1.76. The van der Waals surface area contributed by atoms with Crippen LogP contribution in [-0.4, -0.2) is 65.7 Å². The molecule has 42 heavy (non-hydrogen) atoms. The van der Waals surface area contributed by atoms with E-state index >= 15 is 0 Å². The summed E-state index contributed by atoms with van der Waals surface area (Å²) in [6.07, 6.45) is 26.0. The maximum absolute atomic E-state index is 12.1. The van der Waals surface area contributed by atoms with Gasteiger partial charge in [0.2, 0.25) is 0 Å². The highest BCUT2D eigenvalue weighted by Gasteiger charge is 2.27. The zero-order valence-electron chi connectivity index (χ0n) is 25.2. The number of phosphoric acid groups is 1. The van der Waals surface area contributed by atoms with Gasteiger partial charge in [0.1, 0.15) is 12.2 Å². The molecular weight excluding hydrogens is 563 g/mol. The lowest BCUT2D eigenvalue weighted by molar-refractivity contribution is -0.153. The van der Waals surface area contributed by atoms with Gasteiger partial charge in [-0.1, -0.05) is 93.9 Å². The fraction of sp³-hybridized carbons (Fsp3) is 0.613. The number of aliphatic hydroxyl groups excluding tert-OH is 2. The van der Waals surface area contributed by atoms with E-state index in [0.717, 1.165) is 44.9 Å². The maximum atomic E-state index is 12.1. The summed E-state index contributed by atoms with van der Waals surface area (Å²) in [5.74, 6) is -1.18. The van der Waals surface area contributed by atoms with Crippen molar-refractivity contribution >= 4 is 19.8 Å². The van der Waals surface area contributed by atoms with Crippen LogP contribution in [0.4, 0.5) is 0 Å². The number of rotatable bonds is 26. The number of aliphatic hydroxyl groups is 2. The molecule has 3 N–H and O–H groups in total. The van der Waals surface area contributed by atoms with Crippen molar-refractivity contribution in [2.75, 3.05) is 26.4 Å². The SMILES string of the molecule is CC/C=C\C/C=C\C/C=C\C/C=C\C/C=C\CC(=O)OC(CO)COP(=O)(O)OCC(CO)OC(=O)CCCCCC. The van der Waals surface area contributed by atoms with Crippen molar-refractivity contribution in [2.24, 2.45) is 0 Å².